The number of hydrogen-bond acceptors (Lipinski definition) is 6. The van der Waals surface area contributed by atoms with Crippen LogP contribution in [0.2, 0.25) is 0 Å². The molecule has 1 aromatic heterocycles. The van der Waals surface area contributed by atoms with Crippen molar-refractivity contribution in [2.24, 2.45) is 0 Å². The molecule has 1 unspecified atom stereocenters. The Morgan fingerprint density at radius 2 is 2.11 bits per heavy atom. The van der Waals surface area contributed by atoms with Gasteiger partial charge in [0.2, 0.25) is 5.89 Å². The summed E-state index contributed by atoms with van der Waals surface area (Å²) in [5.41, 5.74) is 0. The Bertz CT molecular complexity index is 381. The molecular formula is C13H25N5O. The van der Waals surface area contributed by atoms with Gasteiger partial charge in [0.1, 0.15) is 0 Å². The summed E-state index contributed by atoms with van der Waals surface area (Å²) in [5, 5.41) is 11.7. The maximum absolute atomic E-state index is 5.80. The summed E-state index contributed by atoms with van der Waals surface area (Å²) in [6, 6.07) is 0.784. The fraction of sp³-hybridized carbons (Fsp3) is 0.846. The lowest BCUT2D eigenvalue weighted by atomic mass is 10.3. The van der Waals surface area contributed by atoms with Crippen molar-refractivity contribution in [1.82, 2.24) is 20.4 Å². The van der Waals surface area contributed by atoms with Crippen LogP contribution in [0.15, 0.2) is 4.42 Å². The largest absolute Gasteiger partial charge is 0.406 e. The zero-order valence-electron chi connectivity index (χ0n) is 12.2. The molecule has 0 amide bonds. The summed E-state index contributed by atoms with van der Waals surface area (Å²) < 4.78 is 5.80. The van der Waals surface area contributed by atoms with Crippen LogP contribution in [0.25, 0.3) is 0 Å². The maximum Gasteiger partial charge on any atom is 0.318 e. The zero-order valence-corrected chi connectivity index (χ0v) is 12.2. The number of nitrogens with one attached hydrogen (secondary N) is 1. The first-order valence-electron chi connectivity index (χ1n) is 7.21. The zero-order chi connectivity index (χ0) is 13.7. The molecule has 1 aliphatic heterocycles. The van der Waals surface area contributed by atoms with Crippen LogP contribution in [0, 0.1) is 0 Å². The average Bonchev–Trinajstić information content (AvgIpc) is 2.80. The fourth-order valence-electron chi connectivity index (χ4n) is 2.22. The number of hydrogen-bond donors (Lipinski definition) is 1. The summed E-state index contributed by atoms with van der Waals surface area (Å²) in [6.07, 6.45) is 2.24. The van der Waals surface area contributed by atoms with Crippen LogP contribution >= 0.6 is 0 Å². The molecule has 0 aromatic carbocycles. The molecule has 1 aromatic rings. The minimum absolute atomic E-state index is 0.121. The van der Waals surface area contributed by atoms with Gasteiger partial charge in [0.25, 0.3) is 0 Å². The number of aromatic nitrogens is 2. The van der Waals surface area contributed by atoms with Crippen molar-refractivity contribution >= 4 is 6.01 Å². The van der Waals surface area contributed by atoms with Crippen molar-refractivity contribution in [3.05, 3.63) is 5.89 Å². The molecule has 1 aliphatic rings. The van der Waals surface area contributed by atoms with Crippen LogP contribution in [0.3, 0.4) is 0 Å². The van der Waals surface area contributed by atoms with Gasteiger partial charge in [-0.2, -0.15) is 0 Å². The molecule has 2 heterocycles. The van der Waals surface area contributed by atoms with Crippen molar-refractivity contribution in [2.45, 2.75) is 32.7 Å². The smallest absolute Gasteiger partial charge is 0.318 e. The van der Waals surface area contributed by atoms with Gasteiger partial charge >= 0.3 is 6.01 Å². The third-order valence-electron chi connectivity index (χ3n) is 3.49. The van der Waals surface area contributed by atoms with E-state index in [-0.39, 0.29) is 6.04 Å². The Kier molecular flexibility index (Phi) is 5.15. The van der Waals surface area contributed by atoms with Gasteiger partial charge in [-0.15, -0.1) is 5.10 Å². The Labute approximate surface area is 115 Å². The SMILES string of the molecule is CCCNC(C)c1nnc(N2CCCN(C)CC2)o1. The molecular weight excluding hydrogens is 242 g/mol. The highest BCUT2D eigenvalue weighted by Gasteiger charge is 2.19. The monoisotopic (exact) mass is 267 g/mol. The minimum atomic E-state index is 0.121. The van der Waals surface area contributed by atoms with Gasteiger partial charge < -0.3 is 19.5 Å². The van der Waals surface area contributed by atoms with Crippen LogP contribution in [-0.2, 0) is 0 Å². The van der Waals surface area contributed by atoms with Gasteiger partial charge in [-0.3, -0.25) is 0 Å². The molecule has 19 heavy (non-hydrogen) atoms. The van der Waals surface area contributed by atoms with Gasteiger partial charge in [0.05, 0.1) is 6.04 Å². The van der Waals surface area contributed by atoms with Crippen molar-refractivity contribution in [1.29, 1.82) is 0 Å². The maximum atomic E-state index is 5.80. The standard InChI is InChI=1S/C13H25N5O/c1-4-6-14-11(2)12-15-16-13(19-12)18-8-5-7-17(3)9-10-18/h11,14H,4-10H2,1-3H3. The lowest BCUT2D eigenvalue weighted by Gasteiger charge is -2.17. The summed E-state index contributed by atoms with van der Waals surface area (Å²) in [5.74, 6) is 0.682. The van der Waals surface area contributed by atoms with E-state index < -0.39 is 0 Å². The quantitative estimate of drug-likeness (QED) is 0.867. The lowest BCUT2D eigenvalue weighted by Crippen LogP contribution is -2.28. The Morgan fingerprint density at radius 3 is 2.89 bits per heavy atom. The van der Waals surface area contributed by atoms with Crippen LogP contribution in [0.5, 0.6) is 0 Å². The van der Waals surface area contributed by atoms with Gasteiger partial charge in [0, 0.05) is 19.6 Å². The Hall–Kier alpha value is -1.14. The van der Waals surface area contributed by atoms with E-state index in [0.29, 0.717) is 11.9 Å². The molecule has 0 aliphatic carbocycles. The summed E-state index contributed by atoms with van der Waals surface area (Å²) in [6.45, 7) is 9.29. The first-order valence-corrected chi connectivity index (χ1v) is 7.21. The third kappa shape index (κ3) is 3.91. The highest BCUT2D eigenvalue weighted by molar-refractivity contribution is 5.24. The topological polar surface area (TPSA) is 57.4 Å². The van der Waals surface area contributed by atoms with Gasteiger partial charge in [-0.05, 0) is 39.9 Å². The molecule has 2 rings (SSSR count). The number of likely N-dealkylation sites (N-methyl/N-ethyl adjacent to an activating group) is 1. The minimum Gasteiger partial charge on any atom is -0.406 e. The molecule has 108 valence electrons. The third-order valence-corrected chi connectivity index (χ3v) is 3.49. The average molecular weight is 267 g/mol. The second-order valence-corrected chi connectivity index (χ2v) is 5.24. The van der Waals surface area contributed by atoms with E-state index in [0.717, 1.165) is 45.6 Å². The van der Waals surface area contributed by atoms with E-state index in [9.17, 15) is 0 Å². The van der Waals surface area contributed by atoms with E-state index in [1.165, 1.54) is 0 Å². The highest BCUT2D eigenvalue weighted by atomic mass is 16.4. The predicted molar refractivity (Wildman–Crippen MR) is 75.3 cm³/mol. The number of anilines is 1. The number of rotatable bonds is 5. The van der Waals surface area contributed by atoms with Crippen molar-refractivity contribution in [2.75, 3.05) is 44.7 Å². The van der Waals surface area contributed by atoms with Crippen LogP contribution < -0.4 is 10.2 Å². The number of nitrogens with zero attached hydrogens (tertiary/aromatic N) is 4. The van der Waals surface area contributed by atoms with Crippen molar-refractivity contribution in [3.8, 4) is 0 Å². The molecule has 0 radical (unpaired) electrons. The molecule has 0 saturated carbocycles. The van der Waals surface area contributed by atoms with Crippen molar-refractivity contribution < 1.29 is 4.42 Å². The highest BCUT2D eigenvalue weighted by Crippen LogP contribution is 2.18. The molecule has 6 nitrogen and oxygen atoms in total. The van der Waals surface area contributed by atoms with E-state index in [2.05, 4.69) is 46.2 Å². The Morgan fingerprint density at radius 1 is 1.26 bits per heavy atom. The molecule has 1 N–H and O–H groups in total. The molecule has 1 atom stereocenters. The fourth-order valence-corrected chi connectivity index (χ4v) is 2.22. The van der Waals surface area contributed by atoms with E-state index >= 15 is 0 Å². The van der Waals surface area contributed by atoms with E-state index in [1.807, 2.05) is 0 Å². The van der Waals surface area contributed by atoms with Gasteiger partial charge in [-0.1, -0.05) is 12.0 Å². The summed E-state index contributed by atoms with van der Waals surface area (Å²) >= 11 is 0. The Balaban J connectivity index is 1.95. The second-order valence-electron chi connectivity index (χ2n) is 5.24. The summed E-state index contributed by atoms with van der Waals surface area (Å²) in [7, 11) is 2.15. The molecule has 0 spiro atoms. The van der Waals surface area contributed by atoms with Crippen LogP contribution in [0.4, 0.5) is 6.01 Å². The van der Waals surface area contributed by atoms with Crippen molar-refractivity contribution in [3.63, 3.8) is 0 Å². The second kappa shape index (κ2) is 6.86. The first-order chi connectivity index (χ1) is 9.20. The normalized spacial score (nSPS) is 19.4. The predicted octanol–water partition coefficient (Wildman–Crippen LogP) is 1.27. The van der Waals surface area contributed by atoms with Crippen LogP contribution in [0.1, 0.15) is 38.6 Å². The lowest BCUT2D eigenvalue weighted by molar-refractivity contribution is 0.359. The van der Waals surface area contributed by atoms with Crippen LogP contribution in [-0.4, -0.2) is 54.9 Å². The molecule has 1 saturated heterocycles. The van der Waals surface area contributed by atoms with Gasteiger partial charge in [0.15, 0.2) is 0 Å². The van der Waals surface area contributed by atoms with Gasteiger partial charge in [-0.25, -0.2) is 0 Å². The van der Waals surface area contributed by atoms with E-state index in [4.69, 9.17) is 4.42 Å². The molecule has 0 bridgehead atoms. The molecule has 1 fully saturated rings. The van der Waals surface area contributed by atoms with E-state index in [1.54, 1.807) is 0 Å². The molecule has 6 heteroatoms. The summed E-state index contributed by atoms with van der Waals surface area (Å²) in [4.78, 5) is 4.52. The first kappa shape index (κ1) is 14.3.